The van der Waals surface area contributed by atoms with E-state index in [0.717, 1.165) is 25.9 Å². The summed E-state index contributed by atoms with van der Waals surface area (Å²) in [4.78, 5) is 52.6. The van der Waals surface area contributed by atoms with Crippen molar-refractivity contribution in [2.24, 2.45) is 0 Å². The Morgan fingerprint density at radius 1 is 1.06 bits per heavy atom. The van der Waals surface area contributed by atoms with Gasteiger partial charge in [-0.25, -0.2) is 4.79 Å². The zero-order valence-corrected chi connectivity index (χ0v) is 18.1. The normalized spacial score (nSPS) is 21.5. The van der Waals surface area contributed by atoms with Gasteiger partial charge in [-0.3, -0.25) is 19.7 Å². The van der Waals surface area contributed by atoms with Crippen molar-refractivity contribution in [2.75, 3.05) is 32.7 Å². The average molecular weight is 455 g/mol. The van der Waals surface area contributed by atoms with E-state index in [1.807, 2.05) is 0 Å². The molecule has 0 bridgehead atoms. The Balaban J connectivity index is 0.00000341. The Morgan fingerprint density at radius 2 is 1.65 bits per heavy atom. The van der Waals surface area contributed by atoms with Crippen molar-refractivity contribution >= 4 is 35.9 Å². The summed E-state index contributed by atoms with van der Waals surface area (Å²) in [7, 11) is 0. The fourth-order valence-electron chi connectivity index (χ4n) is 4.31. The zero-order valence-electron chi connectivity index (χ0n) is 17.3. The number of nitrogens with zero attached hydrogens (tertiary/aromatic N) is 4. The molecule has 0 saturated carbocycles. The highest BCUT2D eigenvalue weighted by molar-refractivity contribution is 5.87. The molecule has 3 rings (SSSR count). The number of aliphatic carboxylic acids is 1. The number of hydrogen-bond donors (Lipinski definition) is 1. The van der Waals surface area contributed by atoms with Gasteiger partial charge in [0.1, 0.15) is 0 Å². The Bertz CT molecular complexity index is 827. The van der Waals surface area contributed by atoms with Gasteiger partial charge in [0.2, 0.25) is 11.8 Å². The lowest BCUT2D eigenvalue weighted by molar-refractivity contribution is -0.384. The summed E-state index contributed by atoms with van der Waals surface area (Å²) in [6, 6.07) is 3.89. The molecule has 0 radical (unpaired) electrons. The number of non-ortho nitro benzene ring substituents is 1. The van der Waals surface area contributed by atoms with Gasteiger partial charge in [-0.05, 0) is 31.5 Å². The van der Waals surface area contributed by atoms with Crippen LogP contribution in [0.3, 0.4) is 0 Å². The van der Waals surface area contributed by atoms with Crippen LogP contribution in [0.1, 0.15) is 25.3 Å². The highest BCUT2D eigenvalue weighted by Crippen LogP contribution is 2.23. The Labute approximate surface area is 186 Å². The topological polar surface area (TPSA) is 124 Å². The first-order valence-corrected chi connectivity index (χ1v) is 10.0. The van der Waals surface area contributed by atoms with Crippen molar-refractivity contribution in [3.63, 3.8) is 0 Å². The van der Waals surface area contributed by atoms with Crippen molar-refractivity contribution < 1.29 is 24.4 Å². The number of carboxylic acids is 1. The minimum absolute atomic E-state index is 0. The van der Waals surface area contributed by atoms with Crippen molar-refractivity contribution in [3.05, 3.63) is 39.9 Å². The van der Waals surface area contributed by atoms with Crippen LogP contribution in [0.5, 0.6) is 0 Å². The second-order valence-corrected chi connectivity index (χ2v) is 7.76. The maximum absolute atomic E-state index is 13.0. The van der Waals surface area contributed by atoms with Gasteiger partial charge in [-0.2, -0.15) is 0 Å². The molecule has 2 atom stereocenters. The molecule has 0 aromatic heterocycles. The third-order valence-corrected chi connectivity index (χ3v) is 5.81. The fourth-order valence-corrected chi connectivity index (χ4v) is 4.31. The molecule has 0 unspecified atom stereocenters. The first-order valence-electron chi connectivity index (χ1n) is 10.0. The molecule has 0 aliphatic carbocycles. The number of carbonyl (C=O) groups is 3. The molecule has 2 heterocycles. The molecule has 2 fully saturated rings. The Morgan fingerprint density at radius 3 is 2.16 bits per heavy atom. The van der Waals surface area contributed by atoms with Gasteiger partial charge >= 0.3 is 5.97 Å². The largest absolute Gasteiger partial charge is 0.480 e. The minimum Gasteiger partial charge on any atom is -0.480 e. The molecule has 1 aromatic rings. The van der Waals surface area contributed by atoms with Crippen LogP contribution in [0.2, 0.25) is 0 Å². The molecule has 2 saturated heterocycles. The van der Waals surface area contributed by atoms with Crippen LogP contribution in [0.4, 0.5) is 5.69 Å². The lowest BCUT2D eigenvalue weighted by atomic mass is 9.99. The molecule has 1 aromatic carbocycles. The van der Waals surface area contributed by atoms with Gasteiger partial charge in [0, 0.05) is 38.7 Å². The van der Waals surface area contributed by atoms with E-state index in [0.29, 0.717) is 12.1 Å². The summed E-state index contributed by atoms with van der Waals surface area (Å²) in [6.07, 6.45) is 2.01. The first kappa shape index (κ1) is 24.5. The molecule has 11 heteroatoms. The van der Waals surface area contributed by atoms with E-state index in [4.69, 9.17) is 0 Å². The summed E-state index contributed by atoms with van der Waals surface area (Å²) in [6.45, 7) is 3.96. The molecule has 170 valence electrons. The van der Waals surface area contributed by atoms with Crippen LogP contribution >= 0.6 is 12.4 Å². The Kier molecular flexibility index (Phi) is 8.35. The number of nitro benzene ring substituents is 1. The maximum Gasteiger partial charge on any atom is 0.328 e. The fraction of sp³-hybridized carbons (Fsp3) is 0.550. The SMILES string of the molecule is CC(=O)N1CCN(C(=O)Cc2ccc([N+](=O)[O-])cc2)[C@@H](C(=O)O)[C@@H]1CN1CCCC1.Cl. The van der Waals surface area contributed by atoms with Gasteiger partial charge in [-0.15, -0.1) is 12.4 Å². The van der Waals surface area contributed by atoms with Crippen molar-refractivity contribution in [1.82, 2.24) is 14.7 Å². The van der Waals surface area contributed by atoms with E-state index in [9.17, 15) is 29.6 Å². The number of rotatable bonds is 6. The van der Waals surface area contributed by atoms with E-state index >= 15 is 0 Å². The highest BCUT2D eigenvalue weighted by atomic mass is 35.5. The molecule has 31 heavy (non-hydrogen) atoms. The van der Waals surface area contributed by atoms with Crippen molar-refractivity contribution in [1.29, 1.82) is 0 Å². The molecular formula is C20H27ClN4O6. The highest BCUT2D eigenvalue weighted by Gasteiger charge is 2.44. The van der Waals surface area contributed by atoms with E-state index in [1.54, 1.807) is 4.90 Å². The number of carboxylic acid groups (broad SMARTS) is 1. The molecule has 1 N–H and O–H groups in total. The number of nitro groups is 1. The molecular weight excluding hydrogens is 428 g/mol. The molecule has 10 nitrogen and oxygen atoms in total. The van der Waals surface area contributed by atoms with Gasteiger partial charge in [0.25, 0.3) is 5.69 Å². The quantitative estimate of drug-likeness (QED) is 0.505. The predicted molar refractivity (Wildman–Crippen MR) is 114 cm³/mol. The summed E-state index contributed by atoms with van der Waals surface area (Å²) < 4.78 is 0. The summed E-state index contributed by atoms with van der Waals surface area (Å²) in [5.74, 6) is -1.71. The summed E-state index contributed by atoms with van der Waals surface area (Å²) >= 11 is 0. The maximum atomic E-state index is 13.0. The summed E-state index contributed by atoms with van der Waals surface area (Å²) in [5, 5.41) is 20.7. The second kappa shape index (κ2) is 10.5. The van der Waals surface area contributed by atoms with E-state index in [-0.39, 0.29) is 49.4 Å². The van der Waals surface area contributed by atoms with Crippen LogP contribution in [0.25, 0.3) is 0 Å². The Hall–Kier alpha value is -2.72. The van der Waals surface area contributed by atoms with E-state index < -0.39 is 23.0 Å². The van der Waals surface area contributed by atoms with Crippen molar-refractivity contribution in [2.45, 2.75) is 38.3 Å². The molecule has 2 aliphatic heterocycles. The van der Waals surface area contributed by atoms with Crippen LogP contribution in [0, 0.1) is 10.1 Å². The van der Waals surface area contributed by atoms with Crippen molar-refractivity contribution in [3.8, 4) is 0 Å². The zero-order chi connectivity index (χ0) is 21.8. The molecule has 2 aliphatic rings. The molecule has 0 spiro atoms. The monoisotopic (exact) mass is 454 g/mol. The minimum atomic E-state index is -1.14. The number of amides is 2. The number of carbonyl (C=O) groups excluding carboxylic acids is 2. The third kappa shape index (κ3) is 5.71. The number of halogens is 1. The summed E-state index contributed by atoms with van der Waals surface area (Å²) in [5.41, 5.74) is 0.496. The lowest BCUT2D eigenvalue weighted by Crippen LogP contribution is -2.67. The average Bonchev–Trinajstić information content (AvgIpc) is 3.20. The standard InChI is InChI=1S/C20H26N4O6.ClH/c1-14(25)22-10-11-23(18(26)12-15-4-6-16(7-5-15)24(29)30)19(20(27)28)17(22)13-21-8-2-3-9-21;/h4-7,17,19H,2-3,8-13H2,1H3,(H,27,28);1H/t17-,19+;/m0./s1. The number of hydrogen-bond acceptors (Lipinski definition) is 6. The van der Waals surface area contributed by atoms with Crippen LogP contribution in [-0.4, -0.2) is 87.3 Å². The lowest BCUT2D eigenvalue weighted by Gasteiger charge is -2.46. The second-order valence-electron chi connectivity index (χ2n) is 7.76. The molecule has 2 amide bonds. The van der Waals surface area contributed by atoms with Gasteiger partial charge in [0.05, 0.1) is 17.4 Å². The number of piperazine rings is 1. The third-order valence-electron chi connectivity index (χ3n) is 5.81. The van der Waals surface area contributed by atoms with Gasteiger partial charge < -0.3 is 19.8 Å². The van der Waals surface area contributed by atoms with Crippen LogP contribution < -0.4 is 0 Å². The van der Waals surface area contributed by atoms with E-state index in [2.05, 4.69) is 4.90 Å². The number of benzene rings is 1. The number of likely N-dealkylation sites (tertiary alicyclic amines) is 1. The van der Waals surface area contributed by atoms with E-state index in [1.165, 1.54) is 36.1 Å². The van der Waals surface area contributed by atoms with Gasteiger partial charge in [0.15, 0.2) is 6.04 Å². The first-order chi connectivity index (χ1) is 14.3. The van der Waals surface area contributed by atoms with Crippen LogP contribution in [-0.2, 0) is 20.8 Å². The predicted octanol–water partition coefficient (Wildman–Crippen LogP) is 1.17. The van der Waals surface area contributed by atoms with Gasteiger partial charge in [-0.1, -0.05) is 12.1 Å². The smallest absolute Gasteiger partial charge is 0.328 e. The van der Waals surface area contributed by atoms with Crippen LogP contribution in [0.15, 0.2) is 24.3 Å².